The van der Waals surface area contributed by atoms with Crippen molar-refractivity contribution >= 4 is 38.9 Å². The van der Waals surface area contributed by atoms with Gasteiger partial charge < -0.3 is 19.5 Å². The second-order valence-electron chi connectivity index (χ2n) is 6.49. The van der Waals surface area contributed by atoms with Crippen LogP contribution in [0.15, 0.2) is 65.6 Å². The fraction of sp³-hybridized carbons (Fsp3) is 0.136. The zero-order valence-electron chi connectivity index (χ0n) is 17.5. The monoisotopic (exact) mass is 476 g/mol. The van der Waals surface area contributed by atoms with Crippen LogP contribution in [0.25, 0.3) is 0 Å². The first kappa shape index (κ1) is 23.2. The van der Waals surface area contributed by atoms with Crippen molar-refractivity contribution in [2.24, 2.45) is 0 Å². The number of methoxy groups -OCH3 is 3. The van der Waals surface area contributed by atoms with Crippen LogP contribution in [0.4, 0.5) is 11.4 Å². The van der Waals surface area contributed by atoms with E-state index in [4.69, 9.17) is 25.8 Å². The molecule has 0 saturated carbocycles. The maximum atomic E-state index is 13.0. The Bertz CT molecular complexity index is 1230. The van der Waals surface area contributed by atoms with Crippen molar-refractivity contribution in [2.75, 3.05) is 31.4 Å². The number of halogens is 1. The van der Waals surface area contributed by atoms with E-state index >= 15 is 0 Å². The van der Waals surface area contributed by atoms with E-state index in [0.717, 1.165) is 0 Å². The van der Waals surface area contributed by atoms with Gasteiger partial charge in [0.1, 0.15) is 17.2 Å². The Labute approximate surface area is 191 Å². The van der Waals surface area contributed by atoms with Gasteiger partial charge in [-0.1, -0.05) is 11.6 Å². The van der Waals surface area contributed by atoms with Crippen LogP contribution in [-0.4, -0.2) is 35.7 Å². The van der Waals surface area contributed by atoms with E-state index in [0.29, 0.717) is 27.8 Å². The normalized spacial score (nSPS) is 10.9. The van der Waals surface area contributed by atoms with E-state index in [1.165, 1.54) is 45.6 Å². The molecule has 3 aromatic rings. The number of benzene rings is 3. The summed E-state index contributed by atoms with van der Waals surface area (Å²) in [6, 6.07) is 15.1. The summed E-state index contributed by atoms with van der Waals surface area (Å²) in [4.78, 5) is 12.5. The molecule has 168 valence electrons. The molecular formula is C22H21ClN2O6S. The van der Waals surface area contributed by atoms with Gasteiger partial charge in [-0.2, -0.15) is 0 Å². The van der Waals surface area contributed by atoms with Crippen LogP contribution in [0.1, 0.15) is 10.4 Å². The number of anilines is 2. The molecule has 0 aliphatic rings. The maximum Gasteiger partial charge on any atom is 0.262 e. The molecule has 0 bridgehead atoms. The van der Waals surface area contributed by atoms with Gasteiger partial charge in [-0.3, -0.25) is 9.52 Å². The minimum Gasteiger partial charge on any atom is -0.497 e. The minimum absolute atomic E-state index is 0.0884. The molecule has 10 heteroatoms. The summed E-state index contributed by atoms with van der Waals surface area (Å²) in [5.41, 5.74) is 0.742. The van der Waals surface area contributed by atoms with Crippen molar-refractivity contribution in [3.63, 3.8) is 0 Å². The van der Waals surface area contributed by atoms with Crippen molar-refractivity contribution in [3.8, 4) is 17.2 Å². The van der Waals surface area contributed by atoms with E-state index < -0.39 is 15.9 Å². The van der Waals surface area contributed by atoms with Gasteiger partial charge in [-0.25, -0.2) is 8.42 Å². The van der Waals surface area contributed by atoms with Crippen LogP contribution >= 0.6 is 11.6 Å². The first-order chi connectivity index (χ1) is 15.3. The van der Waals surface area contributed by atoms with Crippen molar-refractivity contribution in [2.45, 2.75) is 4.90 Å². The molecule has 0 heterocycles. The lowest BCUT2D eigenvalue weighted by atomic mass is 10.2. The van der Waals surface area contributed by atoms with Crippen LogP contribution in [0.3, 0.4) is 0 Å². The third-order valence-electron chi connectivity index (χ3n) is 4.49. The predicted octanol–water partition coefficient (Wildman–Crippen LogP) is 4.42. The summed E-state index contributed by atoms with van der Waals surface area (Å²) in [7, 11) is 0.283. The molecule has 0 fully saturated rings. The first-order valence-corrected chi connectivity index (χ1v) is 11.1. The fourth-order valence-electron chi connectivity index (χ4n) is 2.85. The second-order valence-corrected chi connectivity index (χ2v) is 8.61. The Hall–Kier alpha value is -3.43. The molecule has 2 N–H and O–H groups in total. The SMILES string of the molecule is COc1ccc(OC)c(NS(=O)(=O)c2ccc(OC)c(NC(=O)c3ccc(Cl)cc3)c2)c1. The van der Waals surface area contributed by atoms with Crippen LogP contribution < -0.4 is 24.2 Å². The molecule has 0 spiro atoms. The van der Waals surface area contributed by atoms with Gasteiger partial charge in [0, 0.05) is 16.7 Å². The van der Waals surface area contributed by atoms with E-state index in [1.54, 1.807) is 36.4 Å². The number of nitrogens with one attached hydrogen (secondary N) is 2. The highest BCUT2D eigenvalue weighted by atomic mass is 35.5. The molecule has 0 aliphatic heterocycles. The third kappa shape index (κ3) is 5.24. The molecule has 0 aliphatic carbocycles. The molecule has 8 nitrogen and oxygen atoms in total. The molecule has 3 aromatic carbocycles. The quantitative estimate of drug-likeness (QED) is 0.499. The lowest BCUT2D eigenvalue weighted by Gasteiger charge is -2.15. The average Bonchev–Trinajstić information content (AvgIpc) is 2.79. The number of sulfonamides is 1. The van der Waals surface area contributed by atoms with Crippen molar-refractivity contribution in [1.82, 2.24) is 0 Å². The van der Waals surface area contributed by atoms with Gasteiger partial charge in [0.25, 0.3) is 15.9 Å². The Morgan fingerprint density at radius 2 is 1.44 bits per heavy atom. The number of carbonyl (C=O) groups excluding carboxylic acids is 1. The number of hydrogen-bond donors (Lipinski definition) is 2. The van der Waals surface area contributed by atoms with Gasteiger partial charge in [0.15, 0.2) is 0 Å². The molecule has 3 rings (SSSR count). The highest BCUT2D eigenvalue weighted by Gasteiger charge is 2.20. The Morgan fingerprint density at radius 1 is 0.812 bits per heavy atom. The molecule has 32 heavy (non-hydrogen) atoms. The molecule has 0 saturated heterocycles. The predicted molar refractivity (Wildman–Crippen MR) is 123 cm³/mol. The molecule has 0 atom stereocenters. The Morgan fingerprint density at radius 3 is 2.06 bits per heavy atom. The second kappa shape index (κ2) is 9.80. The maximum absolute atomic E-state index is 13.0. The van der Waals surface area contributed by atoms with E-state index in [-0.39, 0.29) is 16.3 Å². The van der Waals surface area contributed by atoms with Gasteiger partial charge in [0.05, 0.1) is 37.6 Å². The van der Waals surface area contributed by atoms with E-state index in [1.807, 2.05) is 0 Å². The van der Waals surface area contributed by atoms with Crippen LogP contribution in [-0.2, 0) is 10.0 Å². The van der Waals surface area contributed by atoms with Crippen molar-refractivity contribution < 1.29 is 27.4 Å². The summed E-state index contributed by atoms with van der Waals surface area (Å²) >= 11 is 5.86. The number of amides is 1. The van der Waals surface area contributed by atoms with Gasteiger partial charge in [-0.05, 0) is 54.6 Å². The molecule has 0 unspecified atom stereocenters. The highest BCUT2D eigenvalue weighted by Crippen LogP contribution is 2.33. The minimum atomic E-state index is -4.03. The van der Waals surface area contributed by atoms with Crippen molar-refractivity contribution in [3.05, 3.63) is 71.2 Å². The zero-order chi connectivity index (χ0) is 23.3. The Balaban J connectivity index is 1.93. The summed E-state index contributed by atoms with van der Waals surface area (Å²) in [6.07, 6.45) is 0. The van der Waals surface area contributed by atoms with Gasteiger partial charge in [-0.15, -0.1) is 0 Å². The van der Waals surface area contributed by atoms with Gasteiger partial charge >= 0.3 is 0 Å². The number of rotatable bonds is 8. The number of hydrogen-bond acceptors (Lipinski definition) is 6. The first-order valence-electron chi connectivity index (χ1n) is 9.27. The number of ether oxygens (including phenoxy) is 3. The van der Waals surface area contributed by atoms with Crippen LogP contribution in [0.5, 0.6) is 17.2 Å². The van der Waals surface area contributed by atoms with E-state index in [9.17, 15) is 13.2 Å². The largest absolute Gasteiger partial charge is 0.497 e. The third-order valence-corrected chi connectivity index (χ3v) is 6.10. The van der Waals surface area contributed by atoms with Crippen LogP contribution in [0.2, 0.25) is 5.02 Å². The lowest BCUT2D eigenvalue weighted by Crippen LogP contribution is -2.16. The fourth-order valence-corrected chi connectivity index (χ4v) is 4.06. The standard InChI is InChI=1S/C22H21ClN2O6S/c1-29-16-8-10-21(31-3)19(12-16)25-32(27,28)17-9-11-20(30-2)18(13-17)24-22(26)14-4-6-15(23)7-5-14/h4-13,25H,1-3H3,(H,24,26). The molecular weight excluding hydrogens is 456 g/mol. The Kier molecular flexibility index (Phi) is 7.12. The average molecular weight is 477 g/mol. The number of carbonyl (C=O) groups is 1. The van der Waals surface area contributed by atoms with Crippen LogP contribution in [0, 0.1) is 0 Å². The lowest BCUT2D eigenvalue weighted by molar-refractivity contribution is 0.102. The topological polar surface area (TPSA) is 103 Å². The summed E-state index contributed by atoms with van der Waals surface area (Å²) < 4.78 is 44.2. The molecule has 1 amide bonds. The summed E-state index contributed by atoms with van der Waals surface area (Å²) in [5.74, 6) is 0.621. The molecule has 0 radical (unpaired) electrons. The van der Waals surface area contributed by atoms with Gasteiger partial charge in [0.2, 0.25) is 0 Å². The van der Waals surface area contributed by atoms with Crippen molar-refractivity contribution in [1.29, 1.82) is 0 Å². The zero-order valence-corrected chi connectivity index (χ0v) is 19.1. The van der Waals surface area contributed by atoms with E-state index in [2.05, 4.69) is 10.0 Å². The molecule has 0 aromatic heterocycles. The summed E-state index contributed by atoms with van der Waals surface area (Å²) in [6.45, 7) is 0. The summed E-state index contributed by atoms with van der Waals surface area (Å²) in [5, 5.41) is 3.16. The smallest absolute Gasteiger partial charge is 0.262 e. The highest BCUT2D eigenvalue weighted by molar-refractivity contribution is 7.92.